The zero-order valence-corrected chi connectivity index (χ0v) is 14.5. The Kier molecular flexibility index (Phi) is 3.29. The number of fused-ring (bicyclic) bond motifs is 2. The van der Waals surface area contributed by atoms with Crippen molar-refractivity contribution in [1.82, 2.24) is 19.8 Å². The Hall–Kier alpha value is -2.76. The molecule has 0 N–H and O–H groups in total. The van der Waals surface area contributed by atoms with Crippen molar-refractivity contribution in [3.63, 3.8) is 0 Å². The van der Waals surface area contributed by atoms with Gasteiger partial charge in [0.25, 0.3) is 0 Å². The summed E-state index contributed by atoms with van der Waals surface area (Å²) in [4.78, 5) is 0.762. The highest BCUT2D eigenvalue weighted by molar-refractivity contribution is 7.20. The van der Waals surface area contributed by atoms with Crippen LogP contribution in [0.1, 0.15) is 0 Å². The fraction of sp³-hybridized carbons (Fsp3) is 0. The molecular weight excluding hydrogens is 352 g/mol. The molecule has 120 valence electrons. The molecule has 0 fully saturated rings. The molecule has 0 unspecified atom stereocenters. The van der Waals surface area contributed by atoms with Gasteiger partial charge in [0.15, 0.2) is 5.82 Å². The fourth-order valence-electron chi connectivity index (χ4n) is 2.95. The van der Waals surface area contributed by atoms with Crippen LogP contribution in [-0.2, 0) is 0 Å². The van der Waals surface area contributed by atoms with E-state index in [1.165, 1.54) is 22.1 Å². The third kappa shape index (κ3) is 2.40. The van der Waals surface area contributed by atoms with E-state index in [2.05, 4.69) is 40.5 Å². The van der Waals surface area contributed by atoms with Crippen LogP contribution in [0.4, 0.5) is 0 Å². The van der Waals surface area contributed by atoms with E-state index in [9.17, 15) is 0 Å². The Balaban J connectivity index is 1.71. The maximum atomic E-state index is 6.10. The number of nitrogens with zero attached hydrogens (tertiary/aromatic N) is 4. The first-order chi connectivity index (χ1) is 12.3. The Morgan fingerprint density at radius 3 is 2.64 bits per heavy atom. The molecular formula is C19H11ClN4S. The SMILES string of the molecule is Clc1cccc(-c2nnc3sc(-c4cccc5ccccc45)nn23)c1. The van der Waals surface area contributed by atoms with Gasteiger partial charge >= 0.3 is 0 Å². The molecule has 0 amide bonds. The van der Waals surface area contributed by atoms with Gasteiger partial charge in [0.1, 0.15) is 5.01 Å². The number of benzene rings is 3. The number of halogens is 1. The monoisotopic (exact) mass is 362 g/mol. The van der Waals surface area contributed by atoms with Crippen LogP contribution >= 0.6 is 22.9 Å². The highest BCUT2D eigenvalue weighted by Gasteiger charge is 2.15. The van der Waals surface area contributed by atoms with E-state index < -0.39 is 0 Å². The Morgan fingerprint density at radius 2 is 1.72 bits per heavy atom. The van der Waals surface area contributed by atoms with Crippen LogP contribution < -0.4 is 0 Å². The van der Waals surface area contributed by atoms with E-state index in [-0.39, 0.29) is 0 Å². The van der Waals surface area contributed by atoms with E-state index in [1.807, 2.05) is 36.4 Å². The number of hydrogen-bond acceptors (Lipinski definition) is 4. The van der Waals surface area contributed by atoms with Gasteiger partial charge in [0.2, 0.25) is 4.96 Å². The average molecular weight is 363 g/mol. The summed E-state index contributed by atoms with van der Waals surface area (Å²) in [5.41, 5.74) is 2.00. The zero-order chi connectivity index (χ0) is 16.8. The Morgan fingerprint density at radius 1 is 0.880 bits per heavy atom. The molecule has 0 saturated carbocycles. The van der Waals surface area contributed by atoms with Crippen LogP contribution in [0.5, 0.6) is 0 Å². The summed E-state index contributed by atoms with van der Waals surface area (Å²) in [6.45, 7) is 0. The first-order valence-electron chi connectivity index (χ1n) is 7.76. The van der Waals surface area contributed by atoms with Crippen molar-refractivity contribution < 1.29 is 0 Å². The Bertz CT molecular complexity index is 1220. The fourth-order valence-corrected chi connectivity index (χ4v) is 4.01. The average Bonchev–Trinajstić information content (AvgIpc) is 3.21. The molecule has 2 heterocycles. The summed E-state index contributed by atoms with van der Waals surface area (Å²) in [5, 5.41) is 17.3. The van der Waals surface area contributed by atoms with Gasteiger partial charge in [-0.2, -0.15) is 9.61 Å². The van der Waals surface area contributed by atoms with E-state index >= 15 is 0 Å². The predicted molar refractivity (Wildman–Crippen MR) is 102 cm³/mol. The molecule has 5 aromatic rings. The van der Waals surface area contributed by atoms with Crippen LogP contribution in [0.3, 0.4) is 0 Å². The number of rotatable bonds is 2. The molecule has 4 nitrogen and oxygen atoms in total. The molecule has 0 atom stereocenters. The maximum Gasteiger partial charge on any atom is 0.235 e. The molecule has 0 saturated heterocycles. The summed E-state index contributed by atoms with van der Waals surface area (Å²) in [7, 11) is 0. The second-order valence-corrected chi connectivity index (χ2v) is 7.05. The quantitative estimate of drug-likeness (QED) is 0.426. The molecule has 2 aromatic heterocycles. The highest BCUT2D eigenvalue weighted by Crippen LogP contribution is 2.33. The zero-order valence-electron chi connectivity index (χ0n) is 12.9. The largest absolute Gasteiger partial charge is 0.235 e. The molecule has 3 aromatic carbocycles. The van der Waals surface area contributed by atoms with E-state index in [0.717, 1.165) is 21.1 Å². The lowest BCUT2D eigenvalue weighted by Crippen LogP contribution is -1.91. The molecule has 5 rings (SSSR count). The molecule has 0 aliphatic carbocycles. The Labute approximate surface area is 152 Å². The second-order valence-electron chi connectivity index (χ2n) is 5.66. The van der Waals surface area contributed by atoms with Gasteiger partial charge in [-0.25, -0.2) is 0 Å². The van der Waals surface area contributed by atoms with Crippen LogP contribution in [0.15, 0.2) is 66.7 Å². The van der Waals surface area contributed by atoms with Crippen LogP contribution in [0.25, 0.3) is 37.7 Å². The summed E-state index contributed by atoms with van der Waals surface area (Å²) < 4.78 is 1.79. The van der Waals surface area contributed by atoms with Gasteiger partial charge in [-0.3, -0.25) is 0 Å². The third-order valence-corrected chi connectivity index (χ3v) is 5.26. The maximum absolute atomic E-state index is 6.10. The lowest BCUT2D eigenvalue weighted by molar-refractivity contribution is 0.971. The minimum absolute atomic E-state index is 0.666. The van der Waals surface area contributed by atoms with Crippen LogP contribution in [0, 0.1) is 0 Å². The van der Waals surface area contributed by atoms with Crippen molar-refractivity contribution in [2.75, 3.05) is 0 Å². The summed E-state index contributed by atoms with van der Waals surface area (Å²) in [6.07, 6.45) is 0. The number of aromatic nitrogens is 4. The normalized spacial score (nSPS) is 11.4. The molecule has 0 radical (unpaired) electrons. The molecule has 0 aliphatic heterocycles. The van der Waals surface area contributed by atoms with E-state index in [1.54, 1.807) is 4.52 Å². The summed E-state index contributed by atoms with van der Waals surface area (Å²) in [6, 6.07) is 22.1. The minimum atomic E-state index is 0.666. The second kappa shape index (κ2) is 5.65. The molecule has 6 heteroatoms. The van der Waals surface area contributed by atoms with Crippen molar-refractivity contribution in [3.05, 3.63) is 71.8 Å². The lowest BCUT2D eigenvalue weighted by atomic mass is 10.1. The topological polar surface area (TPSA) is 43.1 Å². The highest BCUT2D eigenvalue weighted by atomic mass is 35.5. The molecule has 0 spiro atoms. The van der Waals surface area contributed by atoms with Gasteiger partial charge in [0, 0.05) is 16.1 Å². The van der Waals surface area contributed by atoms with Crippen molar-refractivity contribution >= 4 is 38.7 Å². The molecule has 0 aliphatic rings. The van der Waals surface area contributed by atoms with Crippen molar-refractivity contribution in [3.8, 4) is 22.0 Å². The van der Waals surface area contributed by atoms with Gasteiger partial charge in [-0.15, -0.1) is 10.2 Å². The smallest absolute Gasteiger partial charge is 0.182 e. The standard InChI is InChI=1S/C19H11ClN4S/c20-14-8-3-7-13(11-14)17-21-22-19-24(17)23-18(25-19)16-10-4-6-12-5-1-2-9-15(12)16/h1-11H. The van der Waals surface area contributed by atoms with Gasteiger partial charge in [-0.05, 0) is 22.9 Å². The first-order valence-corrected chi connectivity index (χ1v) is 8.95. The first kappa shape index (κ1) is 14.6. The van der Waals surface area contributed by atoms with Gasteiger partial charge in [-0.1, -0.05) is 77.5 Å². The van der Waals surface area contributed by atoms with Crippen LogP contribution in [0.2, 0.25) is 5.02 Å². The minimum Gasteiger partial charge on any atom is -0.182 e. The van der Waals surface area contributed by atoms with E-state index in [0.29, 0.717) is 10.8 Å². The molecule has 25 heavy (non-hydrogen) atoms. The molecule has 0 bridgehead atoms. The summed E-state index contributed by atoms with van der Waals surface area (Å²) in [5.74, 6) is 0.695. The predicted octanol–water partition coefficient (Wildman–Crippen LogP) is 5.33. The van der Waals surface area contributed by atoms with E-state index in [4.69, 9.17) is 16.7 Å². The number of hydrogen-bond donors (Lipinski definition) is 0. The third-order valence-electron chi connectivity index (χ3n) is 4.09. The van der Waals surface area contributed by atoms with Gasteiger partial charge in [0.05, 0.1) is 0 Å². The van der Waals surface area contributed by atoms with Gasteiger partial charge < -0.3 is 0 Å². The lowest BCUT2D eigenvalue weighted by Gasteiger charge is -2.02. The van der Waals surface area contributed by atoms with Crippen molar-refractivity contribution in [2.24, 2.45) is 0 Å². The van der Waals surface area contributed by atoms with Crippen LogP contribution in [-0.4, -0.2) is 19.8 Å². The summed E-state index contributed by atoms with van der Waals surface area (Å²) >= 11 is 7.63. The van der Waals surface area contributed by atoms with Crippen molar-refractivity contribution in [1.29, 1.82) is 0 Å². The van der Waals surface area contributed by atoms with Crippen molar-refractivity contribution in [2.45, 2.75) is 0 Å².